The van der Waals surface area contributed by atoms with E-state index in [2.05, 4.69) is 4.72 Å². The molecule has 1 atom stereocenters. The minimum absolute atomic E-state index is 0.0411. The number of nitrogens with two attached hydrogens (primary N) is 1. The van der Waals surface area contributed by atoms with Crippen LogP contribution in [0.3, 0.4) is 0 Å². The van der Waals surface area contributed by atoms with Crippen molar-refractivity contribution in [2.75, 3.05) is 19.4 Å². The van der Waals surface area contributed by atoms with E-state index in [1.807, 2.05) is 0 Å². The molecule has 0 unspecified atom stereocenters. The first-order valence-corrected chi connectivity index (χ1v) is 6.46. The van der Waals surface area contributed by atoms with E-state index in [4.69, 9.17) is 15.6 Å². The molecule has 0 heterocycles. The number of anilines is 1. The van der Waals surface area contributed by atoms with Crippen LogP contribution in [-0.2, 0) is 10.0 Å². The van der Waals surface area contributed by atoms with E-state index in [1.165, 1.54) is 26.2 Å². The van der Waals surface area contributed by atoms with Gasteiger partial charge in [-0.25, -0.2) is 13.1 Å². The molecule has 0 bridgehead atoms. The van der Waals surface area contributed by atoms with Crippen LogP contribution in [0.15, 0.2) is 23.1 Å². The lowest BCUT2D eigenvalue weighted by atomic mass is 10.3. The van der Waals surface area contributed by atoms with Crippen molar-refractivity contribution in [1.82, 2.24) is 4.72 Å². The van der Waals surface area contributed by atoms with E-state index in [9.17, 15) is 8.42 Å². The second-order valence-corrected chi connectivity index (χ2v) is 5.35. The number of nitrogens with one attached hydrogen (secondary N) is 1. The molecule has 0 saturated heterocycles. The van der Waals surface area contributed by atoms with Crippen molar-refractivity contribution in [3.63, 3.8) is 0 Å². The molecule has 1 rings (SSSR count). The Balaban J connectivity index is 3.09. The van der Waals surface area contributed by atoms with Crippen LogP contribution in [-0.4, -0.2) is 33.3 Å². The monoisotopic (exact) mass is 260 g/mol. The molecule has 1 aromatic carbocycles. The molecule has 0 aromatic heterocycles. The van der Waals surface area contributed by atoms with E-state index in [0.29, 0.717) is 5.69 Å². The molecular formula is C10H16N2O4S. The Morgan fingerprint density at radius 2 is 2.18 bits per heavy atom. The Labute approximate surface area is 100 Å². The largest absolute Gasteiger partial charge is 0.495 e. The van der Waals surface area contributed by atoms with Crippen molar-refractivity contribution in [2.45, 2.75) is 17.9 Å². The van der Waals surface area contributed by atoms with Crippen LogP contribution >= 0.6 is 0 Å². The Hall–Kier alpha value is -1.31. The minimum atomic E-state index is -3.74. The summed E-state index contributed by atoms with van der Waals surface area (Å²) in [5.74, 6) is 0.206. The SMILES string of the molecule is COc1ccc(N)cc1S(=O)(=O)NC[C@@H](C)O. The number of benzene rings is 1. The summed E-state index contributed by atoms with van der Waals surface area (Å²) in [7, 11) is -2.36. The topological polar surface area (TPSA) is 102 Å². The van der Waals surface area contributed by atoms with E-state index in [1.54, 1.807) is 6.07 Å². The molecule has 0 spiro atoms. The van der Waals surface area contributed by atoms with Gasteiger partial charge in [0.05, 0.1) is 13.2 Å². The van der Waals surface area contributed by atoms with Gasteiger partial charge in [-0.15, -0.1) is 0 Å². The first kappa shape index (κ1) is 13.8. The van der Waals surface area contributed by atoms with Crippen LogP contribution in [0.5, 0.6) is 5.75 Å². The van der Waals surface area contributed by atoms with E-state index < -0.39 is 16.1 Å². The Morgan fingerprint density at radius 1 is 1.53 bits per heavy atom. The lowest BCUT2D eigenvalue weighted by Gasteiger charge is -2.12. The van der Waals surface area contributed by atoms with Gasteiger partial charge in [-0.2, -0.15) is 0 Å². The van der Waals surface area contributed by atoms with Gasteiger partial charge in [0, 0.05) is 12.2 Å². The number of methoxy groups -OCH3 is 1. The molecule has 0 amide bonds. The molecule has 0 fully saturated rings. The highest BCUT2D eigenvalue weighted by atomic mass is 32.2. The lowest BCUT2D eigenvalue weighted by Crippen LogP contribution is -2.30. The number of aliphatic hydroxyl groups is 1. The summed E-state index contributed by atoms with van der Waals surface area (Å²) >= 11 is 0. The van der Waals surface area contributed by atoms with Crippen molar-refractivity contribution >= 4 is 15.7 Å². The van der Waals surface area contributed by atoms with Crippen molar-refractivity contribution in [1.29, 1.82) is 0 Å². The maximum absolute atomic E-state index is 11.9. The average Bonchev–Trinajstić information content (AvgIpc) is 2.26. The fourth-order valence-corrected chi connectivity index (χ4v) is 2.53. The first-order valence-electron chi connectivity index (χ1n) is 4.98. The minimum Gasteiger partial charge on any atom is -0.495 e. The maximum atomic E-state index is 11.9. The van der Waals surface area contributed by atoms with Gasteiger partial charge in [-0.1, -0.05) is 0 Å². The Kier molecular flexibility index (Phi) is 4.33. The summed E-state index contributed by atoms with van der Waals surface area (Å²) in [6.45, 7) is 1.42. The summed E-state index contributed by atoms with van der Waals surface area (Å²) in [5, 5.41) is 9.06. The number of rotatable bonds is 5. The third kappa shape index (κ3) is 3.58. The van der Waals surface area contributed by atoms with Crippen LogP contribution in [0, 0.1) is 0 Å². The summed E-state index contributed by atoms with van der Waals surface area (Å²) in [6, 6.07) is 4.34. The predicted molar refractivity (Wildman–Crippen MR) is 64.3 cm³/mol. The summed E-state index contributed by atoms with van der Waals surface area (Å²) in [6.07, 6.45) is -0.767. The van der Waals surface area contributed by atoms with Crippen molar-refractivity contribution in [3.05, 3.63) is 18.2 Å². The van der Waals surface area contributed by atoms with Crippen LogP contribution in [0.25, 0.3) is 0 Å². The molecule has 96 valence electrons. The second kappa shape index (κ2) is 5.35. The third-order valence-electron chi connectivity index (χ3n) is 2.05. The highest BCUT2D eigenvalue weighted by Gasteiger charge is 2.19. The average molecular weight is 260 g/mol. The first-order chi connectivity index (χ1) is 7.86. The van der Waals surface area contributed by atoms with Gasteiger partial charge in [0.1, 0.15) is 10.6 Å². The zero-order valence-electron chi connectivity index (χ0n) is 9.67. The quantitative estimate of drug-likeness (QED) is 0.644. The van der Waals surface area contributed by atoms with Crippen molar-refractivity contribution < 1.29 is 18.3 Å². The smallest absolute Gasteiger partial charge is 0.244 e. The number of hydrogen-bond donors (Lipinski definition) is 3. The Bertz CT molecular complexity index is 485. The van der Waals surface area contributed by atoms with E-state index in [0.717, 1.165) is 0 Å². The summed E-state index contributed by atoms with van der Waals surface area (Å²) in [5.41, 5.74) is 5.86. The van der Waals surface area contributed by atoms with Crippen LogP contribution < -0.4 is 15.2 Å². The normalized spacial score (nSPS) is 13.4. The van der Waals surface area contributed by atoms with Crippen molar-refractivity contribution in [2.24, 2.45) is 0 Å². The number of hydrogen-bond acceptors (Lipinski definition) is 5. The summed E-state index contributed by atoms with van der Waals surface area (Å²) in [4.78, 5) is -0.0411. The number of aliphatic hydroxyl groups excluding tert-OH is 1. The highest BCUT2D eigenvalue weighted by molar-refractivity contribution is 7.89. The fourth-order valence-electron chi connectivity index (χ4n) is 1.21. The van der Waals surface area contributed by atoms with Crippen LogP contribution in [0.4, 0.5) is 5.69 Å². The Morgan fingerprint density at radius 3 is 2.71 bits per heavy atom. The highest BCUT2D eigenvalue weighted by Crippen LogP contribution is 2.25. The van der Waals surface area contributed by atoms with Gasteiger partial charge in [0.2, 0.25) is 10.0 Å². The molecule has 6 nitrogen and oxygen atoms in total. The molecule has 4 N–H and O–H groups in total. The third-order valence-corrected chi connectivity index (χ3v) is 3.49. The van der Waals surface area contributed by atoms with Gasteiger partial charge in [-0.05, 0) is 25.1 Å². The second-order valence-electron chi connectivity index (χ2n) is 3.61. The maximum Gasteiger partial charge on any atom is 0.244 e. The molecule has 1 aromatic rings. The molecule has 0 aliphatic rings. The van der Waals surface area contributed by atoms with Gasteiger partial charge < -0.3 is 15.6 Å². The van der Waals surface area contributed by atoms with Gasteiger partial charge >= 0.3 is 0 Å². The molecule has 0 radical (unpaired) electrons. The number of ether oxygens (including phenoxy) is 1. The van der Waals surface area contributed by atoms with Gasteiger partial charge in [0.25, 0.3) is 0 Å². The molecule has 0 aliphatic heterocycles. The van der Waals surface area contributed by atoms with Gasteiger partial charge in [0.15, 0.2) is 0 Å². The molecular weight excluding hydrogens is 244 g/mol. The molecule has 0 aliphatic carbocycles. The fraction of sp³-hybridized carbons (Fsp3) is 0.400. The molecule has 7 heteroatoms. The van der Waals surface area contributed by atoms with E-state index in [-0.39, 0.29) is 17.2 Å². The van der Waals surface area contributed by atoms with Gasteiger partial charge in [-0.3, -0.25) is 0 Å². The zero-order valence-corrected chi connectivity index (χ0v) is 10.5. The standard InChI is InChI=1S/C10H16N2O4S/c1-7(13)6-12-17(14,15)10-5-8(11)3-4-9(10)16-2/h3-5,7,12-13H,6,11H2,1-2H3/t7-/m1/s1. The lowest BCUT2D eigenvalue weighted by molar-refractivity contribution is 0.198. The predicted octanol–water partition coefficient (Wildman–Crippen LogP) is -0.0635. The number of nitrogen functional groups attached to an aromatic ring is 1. The van der Waals surface area contributed by atoms with E-state index >= 15 is 0 Å². The molecule has 17 heavy (non-hydrogen) atoms. The van der Waals surface area contributed by atoms with Crippen LogP contribution in [0.2, 0.25) is 0 Å². The van der Waals surface area contributed by atoms with Crippen LogP contribution in [0.1, 0.15) is 6.92 Å². The summed E-state index contributed by atoms with van der Waals surface area (Å²) < 4.78 is 31.0. The zero-order chi connectivity index (χ0) is 13.1. The molecule has 0 saturated carbocycles. The number of sulfonamides is 1. The van der Waals surface area contributed by atoms with Crippen molar-refractivity contribution in [3.8, 4) is 5.75 Å².